The van der Waals surface area contributed by atoms with Gasteiger partial charge in [-0.25, -0.2) is 4.79 Å². The van der Waals surface area contributed by atoms with E-state index in [0.29, 0.717) is 37.5 Å². The van der Waals surface area contributed by atoms with Gasteiger partial charge in [0.15, 0.2) is 0 Å². The van der Waals surface area contributed by atoms with Crippen molar-refractivity contribution in [2.45, 2.75) is 18.9 Å². The number of anilines is 2. The second kappa shape index (κ2) is 7.98. The summed E-state index contributed by atoms with van der Waals surface area (Å²) in [4.78, 5) is 43.0. The molecule has 2 saturated heterocycles. The van der Waals surface area contributed by atoms with Crippen molar-refractivity contribution in [2.75, 3.05) is 43.5 Å². The van der Waals surface area contributed by atoms with Crippen molar-refractivity contribution in [1.82, 2.24) is 9.80 Å². The molecule has 1 aromatic carbocycles. The number of carbonyl (C=O) groups excluding carboxylic acids is 3. The lowest BCUT2D eigenvalue weighted by Gasteiger charge is -2.47. The van der Waals surface area contributed by atoms with E-state index in [1.807, 2.05) is 29.0 Å². The third kappa shape index (κ3) is 3.72. The first-order chi connectivity index (χ1) is 14.4. The van der Waals surface area contributed by atoms with Crippen molar-refractivity contribution >= 4 is 40.6 Å². The van der Waals surface area contributed by atoms with Gasteiger partial charge in [0.25, 0.3) is 0 Å². The fraction of sp³-hybridized carbons (Fsp3) is 0.381. The van der Waals surface area contributed by atoms with Crippen molar-refractivity contribution in [3.05, 3.63) is 41.1 Å². The summed E-state index contributed by atoms with van der Waals surface area (Å²) < 4.78 is 5.20. The van der Waals surface area contributed by atoms with Crippen molar-refractivity contribution < 1.29 is 19.1 Å². The zero-order valence-corrected chi connectivity index (χ0v) is 17.8. The number of ether oxygens (including phenoxy) is 1. The van der Waals surface area contributed by atoms with Crippen LogP contribution in [0.1, 0.15) is 13.3 Å². The SMILES string of the molecule is COc1cccc(NC(=O)N2CC[C@]3(C2)CN(c2ccsc2)C(=O)CN3C(C)=O)c1. The molecule has 4 rings (SSSR count). The fourth-order valence-corrected chi connectivity index (χ4v) is 4.87. The average molecular weight is 429 g/mol. The Morgan fingerprint density at radius 2 is 2.07 bits per heavy atom. The van der Waals surface area contributed by atoms with Gasteiger partial charge in [0.2, 0.25) is 11.8 Å². The second-order valence-electron chi connectivity index (χ2n) is 7.62. The lowest BCUT2D eigenvalue weighted by molar-refractivity contribution is -0.142. The molecule has 0 bridgehead atoms. The van der Waals surface area contributed by atoms with E-state index in [4.69, 9.17) is 4.74 Å². The van der Waals surface area contributed by atoms with Crippen LogP contribution >= 0.6 is 11.3 Å². The first-order valence-corrected chi connectivity index (χ1v) is 10.7. The lowest BCUT2D eigenvalue weighted by atomic mass is 9.92. The van der Waals surface area contributed by atoms with E-state index in [0.717, 1.165) is 5.69 Å². The molecule has 3 heterocycles. The Hall–Kier alpha value is -3.07. The Bertz CT molecular complexity index is 964. The van der Waals surface area contributed by atoms with Crippen LogP contribution in [0.3, 0.4) is 0 Å². The van der Waals surface area contributed by atoms with Crippen molar-refractivity contribution in [1.29, 1.82) is 0 Å². The number of amides is 4. The van der Waals surface area contributed by atoms with Gasteiger partial charge < -0.3 is 24.8 Å². The van der Waals surface area contributed by atoms with Gasteiger partial charge in [-0.05, 0) is 30.0 Å². The van der Waals surface area contributed by atoms with Crippen molar-refractivity contribution in [2.24, 2.45) is 0 Å². The highest BCUT2D eigenvalue weighted by Crippen LogP contribution is 2.35. The number of thiophene rings is 1. The molecule has 8 nitrogen and oxygen atoms in total. The van der Waals surface area contributed by atoms with Gasteiger partial charge in [-0.15, -0.1) is 0 Å². The van der Waals surface area contributed by atoms with Gasteiger partial charge in [-0.3, -0.25) is 9.59 Å². The molecule has 1 N–H and O–H groups in total. The normalized spacial score (nSPS) is 21.3. The predicted octanol–water partition coefficient (Wildman–Crippen LogP) is 2.63. The number of benzene rings is 1. The van der Waals surface area contributed by atoms with Crippen molar-refractivity contribution in [3.8, 4) is 5.75 Å². The summed E-state index contributed by atoms with van der Waals surface area (Å²) in [5, 5.41) is 6.75. The van der Waals surface area contributed by atoms with E-state index in [1.54, 1.807) is 33.9 Å². The Labute approximate surface area is 179 Å². The minimum Gasteiger partial charge on any atom is -0.497 e. The Morgan fingerprint density at radius 1 is 1.23 bits per heavy atom. The monoisotopic (exact) mass is 428 g/mol. The highest BCUT2D eigenvalue weighted by molar-refractivity contribution is 7.08. The van der Waals surface area contributed by atoms with E-state index in [-0.39, 0.29) is 24.4 Å². The highest BCUT2D eigenvalue weighted by Gasteiger charge is 2.51. The van der Waals surface area contributed by atoms with Crippen LogP contribution < -0.4 is 15.0 Å². The Kier molecular flexibility index (Phi) is 5.38. The molecule has 1 aromatic heterocycles. The van der Waals surface area contributed by atoms with Gasteiger partial charge in [-0.1, -0.05) is 6.07 Å². The van der Waals surface area contributed by atoms with E-state index in [1.165, 1.54) is 18.3 Å². The van der Waals surface area contributed by atoms with Crippen molar-refractivity contribution in [3.63, 3.8) is 0 Å². The quantitative estimate of drug-likeness (QED) is 0.815. The first-order valence-electron chi connectivity index (χ1n) is 9.73. The maximum atomic E-state index is 12.9. The maximum absolute atomic E-state index is 12.9. The zero-order chi connectivity index (χ0) is 21.3. The van der Waals surface area contributed by atoms with Crippen LogP contribution in [-0.2, 0) is 9.59 Å². The van der Waals surface area contributed by atoms with Crippen LogP contribution in [0.15, 0.2) is 41.1 Å². The predicted molar refractivity (Wildman–Crippen MR) is 115 cm³/mol. The van der Waals surface area contributed by atoms with E-state index in [9.17, 15) is 14.4 Å². The molecule has 0 radical (unpaired) electrons. The Morgan fingerprint density at radius 3 is 2.77 bits per heavy atom. The number of nitrogens with zero attached hydrogens (tertiary/aromatic N) is 3. The lowest BCUT2D eigenvalue weighted by Crippen LogP contribution is -2.67. The minimum absolute atomic E-state index is 0.0243. The minimum atomic E-state index is -0.590. The molecular weight excluding hydrogens is 404 g/mol. The summed E-state index contributed by atoms with van der Waals surface area (Å²) in [6, 6.07) is 8.84. The summed E-state index contributed by atoms with van der Waals surface area (Å²) in [7, 11) is 1.57. The maximum Gasteiger partial charge on any atom is 0.321 e. The number of nitrogens with one attached hydrogen (secondary N) is 1. The van der Waals surface area contributed by atoms with Gasteiger partial charge >= 0.3 is 6.03 Å². The topological polar surface area (TPSA) is 82.2 Å². The van der Waals surface area contributed by atoms with Crippen LogP contribution in [0, 0.1) is 0 Å². The summed E-state index contributed by atoms with van der Waals surface area (Å²) in [5.74, 6) is 0.405. The van der Waals surface area contributed by atoms with Gasteiger partial charge in [0, 0.05) is 37.1 Å². The van der Waals surface area contributed by atoms with Crippen LogP contribution in [0.2, 0.25) is 0 Å². The molecule has 30 heavy (non-hydrogen) atoms. The Balaban J connectivity index is 1.53. The van der Waals surface area contributed by atoms with Gasteiger partial charge in [-0.2, -0.15) is 11.3 Å². The van der Waals surface area contributed by atoms with E-state index >= 15 is 0 Å². The van der Waals surface area contributed by atoms with E-state index in [2.05, 4.69) is 5.32 Å². The largest absolute Gasteiger partial charge is 0.497 e. The molecule has 0 unspecified atom stereocenters. The number of urea groups is 1. The number of piperazine rings is 1. The molecule has 2 aliphatic heterocycles. The average Bonchev–Trinajstić information content (AvgIpc) is 3.40. The zero-order valence-electron chi connectivity index (χ0n) is 17.0. The molecule has 1 spiro atoms. The number of carbonyl (C=O) groups is 3. The van der Waals surface area contributed by atoms with Crippen LogP contribution in [0.25, 0.3) is 0 Å². The van der Waals surface area contributed by atoms with E-state index < -0.39 is 5.54 Å². The molecule has 0 saturated carbocycles. The third-order valence-corrected chi connectivity index (χ3v) is 6.43. The summed E-state index contributed by atoms with van der Waals surface area (Å²) >= 11 is 1.52. The molecule has 9 heteroatoms. The molecule has 158 valence electrons. The fourth-order valence-electron chi connectivity index (χ4n) is 4.23. The molecule has 1 atom stereocenters. The highest BCUT2D eigenvalue weighted by atomic mass is 32.1. The first kappa shape index (κ1) is 20.2. The van der Waals surface area contributed by atoms with Gasteiger partial charge in [0.05, 0.1) is 24.9 Å². The van der Waals surface area contributed by atoms with Crippen LogP contribution in [0.4, 0.5) is 16.2 Å². The second-order valence-corrected chi connectivity index (χ2v) is 8.40. The molecular formula is C21H24N4O4S. The molecule has 2 fully saturated rings. The van der Waals surface area contributed by atoms with Gasteiger partial charge in [0.1, 0.15) is 12.3 Å². The molecule has 0 aliphatic carbocycles. The smallest absolute Gasteiger partial charge is 0.321 e. The standard InChI is InChI=1S/C21H24N4O4S/c1-15(26)25-11-19(27)24(17-6-9-30-12-17)14-21(25)7-8-23(13-21)20(28)22-16-4-3-5-18(10-16)29-2/h3-6,9-10,12H,7-8,11,13-14H2,1-2H3,(H,22,28)/t21-/m0/s1. The number of hydrogen-bond acceptors (Lipinski definition) is 5. The van der Waals surface area contributed by atoms with Crippen LogP contribution in [0.5, 0.6) is 5.75 Å². The molecule has 4 amide bonds. The number of methoxy groups -OCH3 is 1. The number of rotatable bonds is 3. The third-order valence-electron chi connectivity index (χ3n) is 5.76. The number of likely N-dealkylation sites (tertiary alicyclic amines) is 1. The number of hydrogen-bond donors (Lipinski definition) is 1. The van der Waals surface area contributed by atoms with Crippen LogP contribution in [-0.4, -0.2) is 66.5 Å². The summed E-state index contributed by atoms with van der Waals surface area (Å²) in [6.45, 7) is 2.76. The molecule has 2 aliphatic rings. The molecule has 2 aromatic rings. The summed E-state index contributed by atoms with van der Waals surface area (Å²) in [6.07, 6.45) is 0.617. The summed E-state index contributed by atoms with van der Waals surface area (Å²) in [5.41, 5.74) is 0.891.